The summed E-state index contributed by atoms with van der Waals surface area (Å²) < 4.78 is 26.9. The summed E-state index contributed by atoms with van der Waals surface area (Å²) >= 11 is 0. The van der Waals surface area contributed by atoms with Crippen LogP contribution in [-0.4, -0.2) is 51.7 Å². The van der Waals surface area contributed by atoms with Crippen LogP contribution in [0.1, 0.15) is 16.7 Å². The van der Waals surface area contributed by atoms with E-state index in [9.17, 15) is 9.11 Å². The summed E-state index contributed by atoms with van der Waals surface area (Å²) in [5.74, 6) is 1.09. The van der Waals surface area contributed by atoms with Gasteiger partial charge in [-0.05, 0) is 43.2 Å². The largest absolute Gasteiger partial charge is 0.382 e. The van der Waals surface area contributed by atoms with Crippen LogP contribution in [0.5, 0.6) is 0 Å². The van der Waals surface area contributed by atoms with E-state index < -0.39 is 10.6 Å². The number of aryl methyl sites for hydroxylation is 2. The number of aromatic nitrogens is 1. The van der Waals surface area contributed by atoms with Crippen molar-refractivity contribution >= 4 is 33.0 Å². The molecule has 2 aliphatic heterocycles. The number of hydrogen-bond donors (Lipinski definition) is 4. The maximum absolute atomic E-state index is 10.8. The van der Waals surface area contributed by atoms with Crippen LogP contribution in [0.4, 0.5) is 11.5 Å². The Balaban J connectivity index is 1.53. The molecule has 5 rings (SSSR count). The predicted molar refractivity (Wildman–Crippen MR) is 131 cm³/mol. The van der Waals surface area contributed by atoms with Crippen LogP contribution in [-0.2, 0) is 11.3 Å². The monoisotopic (exact) mass is 454 g/mol. The fraction of sp³-hybridized carbons (Fsp3) is 0.375. The number of nitrogens with zero attached hydrogens (tertiary/aromatic N) is 2. The summed E-state index contributed by atoms with van der Waals surface area (Å²) in [4.78, 5) is 7.72. The molecule has 170 valence electrons. The van der Waals surface area contributed by atoms with Gasteiger partial charge in [0, 0.05) is 36.8 Å². The van der Waals surface area contributed by atoms with E-state index in [1.165, 1.54) is 0 Å². The first-order valence-electron chi connectivity index (χ1n) is 10.8. The van der Waals surface area contributed by atoms with Gasteiger partial charge in [0.2, 0.25) is 0 Å². The molecule has 1 aromatic heterocycles. The predicted octanol–water partition coefficient (Wildman–Crippen LogP) is 4.12. The molecule has 1 fully saturated rings. The van der Waals surface area contributed by atoms with Gasteiger partial charge in [0.15, 0.2) is 0 Å². The van der Waals surface area contributed by atoms with Crippen molar-refractivity contribution in [3.8, 4) is 0 Å². The van der Waals surface area contributed by atoms with Crippen LogP contribution in [0.15, 0.2) is 47.4 Å². The number of nitrogens with two attached hydrogens (primary N) is 1. The Morgan fingerprint density at radius 3 is 2.62 bits per heavy atom. The summed E-state index contributed by atoms with van der Waals surface area (Å²) in [6.07, 6.45) is 0. The highest BCUT2D eigenvalue weighted by Crippen LogP contribution is 2.51. The number of hydrogen-bond acceptors (Lipinski definition) is 7. The average molecular weight is 455 g/mol. The van der Waals surface area contributed by atoms with Crippen LogP contribution < -0.4 is 16.0 Å². The lowest BCUT2D eigenvalue weighted by Crippen LogP contribution is -2.61. The number of anilines is 2. The second-order valence-electron chi connectivity index (χ2n) is 9.16. The third-order valence-corrected chi connectivity index (χ3v) is 8.10. The fourth-order valence-corrected chi connectivity index (χ4v) is 5.92. The molecule has 0 amide bonds. The summed E-state index contributed by atoms with van der Waals surface area (Å²) in [5, 5.41) is 4.58. The number of pyridine rings is 1. The zero-order chi connectivity index (χ0) is 22.5. The topological polar surface area (TPSA) is 104 Å². The minimum absolute atomic E-state index is 0.281. The van der Waals surface area contributed by atoms with Crippen molar-refractivity contribution in [3.05, 3.63) is 59.2 Å². The standard InChI is InChI=1S/C24H30N4O3S/c1-16-4-6-20-19(9-16)21(26-13-24(25)14-31-15-24)11-23(27-20)28-7-8-32(29,30)22-10-17(2)3-5-18(22)12-28/h3-6,9-11,29-30H,7-8,12-15,25H2,1-2H3,(H,26,27). The molecule has 0 aliphatic carbocycles. The number of nitrogens with one attached hydrogen (secondary N) is 1. The highest BCUT2D eigenvalue weighted by atomic mass is 32.3. The molecule has 2 aliphatic rings. The first-order valence-corrected chi connectivity index (χ1v) is 12.6. The number of fused-ring (bicyclic) bond motifs is 2. The van der Waals surface area contributed by atoms with Gasteiger partial charge in [0.05, 0.1) is 34.9 Å². The van der Waals surface area contributed by atoms with E-state index in [-0.39, 0.29) is 11.3 Å². The number of ether oxygens (including phenoxy) is 1. The molecule has 0 atom stereocenters. The van der Waals surface area contributed by atoms with Gasteiger partial charge < -0.3 is 20.7 Å². The number of benzene rings is 2. The maximum atomic E-state index is 10.8. The van der Waals surface area contributed by atoms with Gasteiger partial charge in [-0.1, -0.05) is 23.8 Å². The van der Waals surface area contributed by atoms with E-state index in [0.29, 0.717) is 37.7 Å². The lowest BCUT2D eigenvalue weighted by Gasteiger charge is -2.38. The molecule has 7 nitrogen and oxygen atoms in total. The first kappa shape index (κ1) is 21.5. The molecule has 0 bridgehead atoms. The highest BCUT2D eigenvalue weighted by molar-refractivity contribution is 8.24. The minimum atomic E-state index is -2.84. The third-order valence-electron chi connectivity index (χ3n) is 6.27. The van der Waals surface area contributed by atoms with Crippen molar-refractivity contribution in [3.63, 3.8) is 0 Å². The van der Waals surface area contributed by atoms with E-state index in [1.54, 1.807) is 0 Å². The van der Waals surface area contributed by atoms with Crippen molar-refractivity contribution in [1.82, 2.24) is 4.98 Å². The zero-order valence-corrected chi connectivity index (χ0v) is 19.3. The van der Waals surface area contributed by atoms with E-state index in [1.807, 2.05) is 31.2 Å². The Hall–Kier alpha value is -2.36. The summed E-state index contributed by atoms with van der Waals surface area (Å²) in [6.45, 7) is 6.84. The Bertz CT molecular complexity index is 1180. The van der Waals surface area contributed by atoms with Crippen LogP contribution in [0.2, 0.25) is 0 Å². The van der Waals surface area contributed by atoms with Gasteiger partial charge in [0.1, 0.15) is 5.82 Å². The Morgan fingerprint density at radius 1 is 1.12 bits per heavy atom. The van der Waals surface area contributed by atoms with Crippen LogP contribution >= 0.6 is 10.6 Å². The van der Waals surface area contributed by atoms with E-state index >= 15 is 0 Å². The van der Waals surface area contributed by atoms with E-state index in [2.05, 4.69) is 35.3 Å². The molecule has 2 aromatic carbocycles. The molecule has 5 N–H and O–H groups in total. The molecule has 0 saturated carbocycles. The smallest absolute Gasteiger partial charge is 0.131 e. The second kappa shape index (κ2) is 7.90. The van der Waals surface area contributed by atoms with E-state index in [0.717, 1.165) is 39.1 Å². The minimum Gasteiger partial charge on any atom is -0.382 e. The first-order chi connectivity index (χ1) is 15.2. The van der Waals surface area contributed by atoms with Gasteiger partial charge in [-0.2, -0.15) is 10.6 Å². The molecular weight excluding hydrogens is 424 g/mol. The molecule has 3 heterocycles. The van der Waals surface area contributed by atoms with Crippen LogP contribution in [0, 0.1) is 13.8 Å². The Morgan fingerprint density at radius 2 is 1.88 bits per heavy atom. The molecule has 3 aromatic rings. The Labute approximate surface area is 189 Å². The summed E-state index contributed by atoms with van der Waals surface area (Å²) in [5.41, 5.74) is 11.0. The lowest BCUT2D eigenvalue weighted by molar-refractivity contribution is -0.0461. The van der Waals surface area contributed by atoms with Gasteiger partial charge in [-0.15, -0.1) is 0 Å². The molecule has 8 heteroatoms. The SMILES string of the molecule is Cc1ccc2c(c1)S(O)(O)CCN(c1cc(NCC3(N)COC3)c3cc(C)ccc3n1)C2. The van der Waals surface area contributed by atoms with Gasteiger partial charge in [0.25, 0.3) is 0 Å². The van der Waals surface area contributed by atoms with E-state index in [4.69, 9.17) is 15.5 Å². The molecular formula is C24H30N4O3S. The molecule has 0 spiro atoms. The summed E-state index contributed by atoms with van der Waals surface area (Å²) in [7, 11) is -2.84. The van der Waals surface area contributed by atoms with Crippen molar-refractivity contribution in [2.75, 3.05) is 42.3 Å². The third kappa shape index (κ3) is 4.04. The van der Waals surface area contributed by atoms with Crippen LogP contribution in [0.3, 0.4) is 0 Å². The van der Waals surface area contributed by atoms with Crippen molar-refractivity contribution in [2.45, 2.75) is 30.8 Å². The molecule has 1 saturated heterocycles. The van der Waals surface area contributed by atoms with Gasteiger partial charge in [-0.25, -0.2) is 4.98 Å². The molecule has 32 heavy (non-hydrogen) atoms. The van der Waals surface area contributed by atoms with Crippen LogP contribution in [0.25, 0.3) is 10.9 Å². The van der Waals surface area contributed by atoms with Crippen molar-refractivity contribution in [1.29, 1.82) is 0 Å². The highest BCUT2D eigenvalue weighted by Gasteiger charge is 2.34. The number of rotatable bonds is 4. The zero-order valence-electron chi connectivity index (χ0n) is 18.5. The summed E-state index contributed by atoms with van der Waals surface area (Å²) in [6, 6.07) is 14.2. The second-order valence-corrected chi connectivity index (χ2v) is 11.3. The Kier molecular flexibility index (Phi) is 5.30. The van der Waals surface area contributed by atoms with Gasteiger partial charge >= 0.3 is 0 Å². The van der Waals surface area contributed by atoms with Gasteiger partial charge in [-0.3, -0.25) is 9.11 Å². The van der Waals surface area contributed by atoms with Crippen molar-refractivity contribution in [2.24, 2.45) is 5.73 Å². The fourth-order valence-electron chi connectivity index (χ4n) is 4.30. The van der Waals surface area contributed by atoms with Crippen molar-refractivity contribution < 1.29 is 13.8 Å². The maximum Gasteiger partial charge on any atom is 0.131 e. The molecule has 0 radical (unpaired) electrons. The molecule has 0 unspecified atom stereocenters. The normalized spacial score (nSPS) is 20.2. The lowest BCUT2D eigenvalue weighted by atomic mass is 9.99. The average Bonchev–Trinajstić information content (AvgIpc) is 2.87. The quantitative estimate of drug-likeness (QED) is 0.470.